The zero-order valence-electron chi connectivity index (χ0n) is 10.7. The van der Waals surface area contributed by atoms with Crippen molar-refractivity contribution < 1.29 is 4.79 Å². The highest BCUT2D eigenvalue weighted by atomic mass is 32.1. The van der Waals surface area contributed by atoms with Crippen molar-refractivity contribution in [3.63, 3.8) is 0 Å². The first-order chi connectivity index (χ1) is 9.24. The molecule has 0 saturated heterocycles. The highest BCUT2D eigenvalue weighted by molar-refractivity contribution is 7.09. The molecule has 1 amide bonds. The molecule has 2 heterocycles. The summed E-state index contributed by atoms with van der Waals surface area (Å²) in [6.45, 7) is 3.72. The molecular formula is C14H15N3OS. The number of hydrogen-bond acceptors (Lipinski definition) is 4. The second-order valence-electron chi connectivity index (χ2n) is 4.58. The molecule has 0 unspecified atom stereocenters. The molecule has 1 aliphatic rings. The average Bonchev–Trinajstić information content (AvgIpc) is 2.86. The normalized spacial score (nSPS) is 13.9. The molecule has 2 aromatic rings. The third-order valence-electron chi connectivity index (χ3n) is 3.24. The summed E-state index contributed by atoms with van der Waals surface area (Å²) < 4.78 is 0. The Labute approximate surface area is 115 Å². The Morgan fingerprint density at radius 1 is 1.47 bits per heavy atom. The highest BCUT2D eigenvalue weighted by Crippen LogP contribution is 2.23. The number of nitrogens with one attached hydrogen (secondary N) is 2. The first-order valence-corrected chi connectivity index (χ1v) is 7.17. The first-order valence-electron chi connectivity index (χ1n) is 6.29. The number of carbonyl (C=O) groups excluding carboxylic acids is 1. The van der Waals surface area contributed by atoms with Crippen LogP contribution in [0, 0.1) is 6.92 Å². The van der Waals surface area contributed by atoms with E-state index in [4.69, 9.17) is 0 Å². The molecule has 0 atom stereocenters. The largest absolute Gasteiger partial charge is 0.320 e. The van der Waals surface area contributed by atoms with E-state index in [0.717, 1.165) is 30.2 Å². The second kappa shape index (κ2) is 5.11. The van der Waals surface area contributed by atoms with Crippen LogP contribution >= 0.6 is 11.3 Å². The molecule has 1 aliphatic heterocycles. The Hall–Kier alpha value is -1.72. The second-order valence-corrected chi connectivity index (χ2v) is 5.64. The summed E-state index contributed by atoms with van der Waals surface area (Å²) >= 11 is 1.49. The van der Waals surface area contributed by atoms with Gasteiger partial charge in [0, 0.05) is 17.6 Å². The van der Waals surface area contributed by atoms with E-state index in [1.165, 1.54) is 22.5 Å². The maximum atomic E-state index is 12.1. The highest BCUT2D eigenvalue weighted by Gasteiger charge is 2.15. The monoisotopic (exact) mass is 273 g/mol. The molecule has 0 aliphatic carbocycles. The minimum Gasteiger partial charge on any atom is -0.320 e. The van der Waals surface area contributed by atoms with Crippen molar-refractivity contribution in [1.82, 2.24) is 10.3 Å². The molecule has 2 N–H and O–H groups in total. The maximum Gasteiger partial charge on any atom is 0.275 e. The van der Waals surface area contributed by atoms with Gasteiger partial charge in [0.25, 0.3) is 5.91 Å². The van der Waals surface area contributed by atoms with Gasteiger partial charge < -0.3 is 10.6 Å². The van der Waals surface area contributed by atoms with E-state index in [1.54, 1.807) is 5.38 Å². The summed E-state index contributed by atoms with van der Waals surface area (Å²) in [5, 5.41) is 9.01. The lowest BCUT2D eigenvalue weighted by molar-refractivity contribution is 0.102. The van der Waals surface area contributed by atoms with E-state index in [1.807, 2.05) is 19.1 Å². The molecule has 0 spiro atoms. The lowest BCUT2D eigenvalue weighted by Gasteiger charge is -2.20. The van der Waals surface area contributed by atoms with E-state index in [-0.39, 0.29) is 5.91 Å². The standard InChI is InChI=1S/C14H15N3OS/c1-9-16-13(8-19-9)14(18)17-12-4-2-3-10-7-15-6-5-11(10)12/h2-4,8,15H,5-7H2,1H3,(H,17,18). The number of thiazole rings is 1. The van der Waals surface area contributed by atoms with Crippen molar-refractivity contribution in [2.75, 3.05) is 11.9 Å². The van der Waals surface area contributed by atoms with Crippen molar-refractivity contribution in [2.24, 2.45) is 0 Å². The van der Waals surface area contributed by atoms with Crippen molar-refractivity contribution in [3.05, 3.63) is 45.4 Å². The van der Waals surface area contributed by atoms with E-state index < -0.39 is 0 Å². The van der Waals surface area contributed by atoms with Crippen molar-refractivity contribution in [1.29, 1.82) is 0 Å². The summed E-state index contributed by atoms with van der Waals surface area (Å²) in [5.41, 5.74) is 3.91. The molecule has 1 aromatic heterocycles. The van der Waals surface area contributed by atoms with Crippen LogP contribution in [0.2, 0.25) is 0 Å². The van der Waals surface area contributed by atoms with Crippen LogP contribution in [0.4, 0.5) is 5.69 Å². The minimum atomic E-state index is -0.128. The number of hydrogen-bond donors (Lipinski definition) is 2. The Morgan fingerprint density at radius 2 is 2.37 bits per heavy atom. The number of fused-ring (bicyclic) bond motifs is 1. The van der Waals surface area contributed by atoms with Gasteiger partial charge >= 0.3 is 0 Å². The molecule has 3 rings (SSSR count). The summed E-state index contributed by atoms with van der Waals surface area (Å²) in [4.78, 5) is 16.3. The molecule has 1 aromatic carbocycles. The Morgan fingerprint density at radius 3 is 3.16 bits per heavy atom. The van der Waals surface area contributed by atoms with E-state index in [2.05, 4.69) is 21.7 Å². The van der Waals surface area contributed by atoms with Crippen molar-refractivity contribution in [2.45, 2.75) is 19.9 Å². The molecule has 5 heteroatoms. The van der Waals surface area contributed by atoms with Gasteiger partial charge in [0.1, 0.15) is 5.69 Å². The third kappa shape index (κ3) is 2.52. The van der Waals surface area contributed by atoms with Gasteiger partial charge in [0.05, 0.1) is 5.01 Å². The minimum absolute atomic E-state index is 0.128. The number of amides is 1. The van der Waals surface area contributed by atoms with Gasteiger partial charge in [0.2, 0.25) is 0 Å². The number of carbonyl (C=O) groups is 1. The van der Waals surface area contributed by atoms with Crippen LogP contribution in [0.3, 0.4) is 0 Å². The average molecular weight is 273 g/mol. The first kappa shape index (κ1) is 12.3. The Bertz CT molecular complexity index is 621. The van der Waals surface area contributed by atoms with Gasteiger partial charge in [-0.3, -0.25) is 4.79 Å². The zero-order valence-corrected chi connectivity index (χ0v) is 11.5. The summed E-state index contributed by atoms with van der Waals surface area (Å²) in [5.74, 6) is -0.128. The summed E-state index contributed by atoms with van der Waals surface area (Å²) in [6.07, 6.45) is 0.946. The zero-order chi connectivity index (χ0) is 13.2. The Balaban J connectivity index is 1.85. The fourth-order valence-electron chi connectivity index (χ4n) is 2.30. The van der Waals surface area contributed by atoms with Gasteiger partial charge in [0.15, 0.2) is 0 Å². The number of aryl methyl sites for hydroxylation is 1. The van der Waals surface area contributed by atoms with Crippen molar-refractivity contribution >= 4 is 22.9 Å². The van der Waals surface area contributed by atoms with Crippen LogP contribution in [0.15, 0.2) is 23.6 Å². The predicted molar refractivity (Wildman–Crippen MR) is 76.7 cm³/mol. The van der Waals surface area contributed by atoms with Gasteiger partial charge in [-0.25, -0.2) is 4.98 Å². The van der Waals surface area contributed by atoms with Gasteiger partial charge in [-0.15, -0.1) is 11.3 Å². The number of aromatic nitrogens is 1. The fourth-order valence-corrected chi connectivity index (χ4v) is 2.90. The van der Waals surface area contributed by atoms with E-state index in [9.17, 15) is 4.79 Å². The van der Waals surface area contributed by atoms with Crippen LogP contribution in [0.5, 0.6) is 0 Å². The molecular weight excluding hydrogens is 258 g/mol. The van der Waals surface area contributed by atoms with Crippen LogP contribution in [-0.4, -0.2) is 17.4 Å². The molecule has 0 radical (unpaired) electrons. The van der Waals surface area contributed by atoms with Crippen LogP contribution in [0.25, 0.3) is 0 Å². The van der Waals surface area contributed by atoms with E-state index >= 15 is 0 Å². The Kier molecular flexibility index (Phi) is 3.31. The number of rotatable bonds is 2. The molecule has 0 fully saturated rings. The summed E-state index contributed by atoms with van der Waals surface area (Å²) in [7, 11) is 0. The van der Waals surface area contributed by atoms with Crippen LogP contribution < -0.4 is 10.6 Å². The SMILES string of the molecule is Cc1nc(C(=O)Nc2cccc3c2CCNC3)cs1. The van der Waals surface area contributed by atoms with Gasteiger partial charge in [-0.2, -0.15) is 0 Å². The fraction of sp³-hybridized carbons (Fsp3) is 0.286. The van der Waals surface area contributed by atoms with Gasteiger partial charge in [-0.05, 0) is 37.1 Å². The van der Waals surface area contributed by atoms with Crippen molar-refractivity contribution in [3.8, 4) is 0 Å². The molecule has 4 nitrogen and oxygen atoms in total. The lowest BCUT2D eigenvalue weighted by atomic mass is 9.99. The van der Waals surface area contributed by atoms with Crippen LogP contribution in [-0.2, 0) is 13.0 Å². The maximum absolute atomic E-state index is 12.1. The molecule has 0 saturated carbocycles. The van der Waals surface area contributed by atoms with Crippen LogP contribution in [0.1, 0.15) is 26.6 Å². The summed E-state index contributed by atoms with van der Waals surface area (Å²) in [6, 6.07) is 6.04. The molecule has 19 heavy (non-hydrogen) atoms. The quantitative estimate of drug-likeness (QED) is 0.883. The molecule has 0 bridgehead atoms. The van der Waals surface area contributed by atoms with E-state index in [0.29, 0.717) is 5.69 Å². The third-order valence-corrected chi connectivity index (χ3v) is 4.01. The predicted octanol–water partition coefficient (Wildman–Crippen LogP) is 2.35. The lowest BCUT2D eigenvalue weighted by Crippen LogP contribution is -2.25. The van der Waals surface area contributed by atoms with Gasteiger partial charge in [-0.1, -0.05) is 12.1 Å². The molecule has 98 valence electrons. The number of benzene rings is 1. The topological polar surface area (TPSA) is 54.0 Å². The number of nitrogens with zero attached hydrogens (tertiary/aromatic N) is 1. The number of anilines is 1. The smallest absolute Gasteiger partial charge is 0.275 e.